The minimum Gasteiger partial charge on any atom is -0.383 e. The second-order valence-corrected chi connectivity index (χ2v) is 5.26. The first kappa shape index (κ1) is 13.7. The summed E-state index contributed by atoms with van der Waals surface area (Å²) in [5, 5.41) is 3.32. The minimum absolute atomic E-state index is 0.760. The number of aromatic nitrogens is 2. The van der Waals surface area contributed by atoms with E-state index in [0.717, 1.165) is 42.6 Å². The Kier molecular flexibility index (Phi) is 5.34. The molecule has 1 heterocycles. The van der Waals surface area contributed by atoms with Crippen LogP contribution in [0.15, 0.2) is 17.0 Å². The minimum atomic E-state index is 0.760. The monoisotopic (exact) mass is 314 g/mol. The van der Waals surface area contributed by atoms with Gasteiger partial charge in [0.25, 0.3) is 0 Å². The molecule has 0 radical (unpaired) electrons. The largest absolute Gasteiger partial charge is 0.383 e. The molecule has 1 fully saturated rings. The third-order valence-electron chi connectivity index (χ3n) is 3.00. The summed E-state index contributed by atoms with van der Waals surface area (Å²) in [6.45, 7) is 3.71. The molecule has 2 rings (SSSR count). The van der Waals surface area contributed by atoms with Crippen LogP contribution in [0, 0.1) is 0 Å². The Labute approximate surface area is 116 Å². The molecule has 0 spiro atoms. The van der Waals surface area contributed by atoms with E-state index in [4.69, 9.17) is 4.74 Å². The van der Waals surface area contributed by atoms with E-state index in [2.05, 4.69) is 36.1 Å². The molecule has 1 N–H and O–H groups in total. The molecule has 1 aromatic rings. The Morgan fingerprint density at radius 2 is 2.33 bits per heavy atom. The standard InChI is InChI=1S/C12H19BrN4O/c1-18-7-6-17(10-2-3-10)5-4-15-12-11(13)8-14-9-16-12/h8-10H,2-7H2,1H3,(H,14,15,16). The molecule has 18 heavy (non-hydrogen) atoms. The quantitative estimate of drug-likeness (QED) is 0.792. The van der Waals surface area contributed by atoms with Crippen LogP contribution in [0.3, 0.4) is 0 Å². The highest BCUT2D eigenvalue weighted by Crippen LogP contribution is 2.26. The normalized spacial score (nSPS) is 15.1. The number of nitrogens with zero attached hydrogens (tertiary/aromatic N) is 3. The molecule has 1 saturated carbocycles. The van der Waals surface area contributed by atoms with Crippen LogP contribution in [0.5, 0.6) is 0 Å². The van der Waals surface area contributed by atoms with Gasteiger partial charge in [0.2, 0.25) is 0 Å². The number of nitrogens with one attached hydrogen (secondary N) is 1. The first-order valence-electron chi connectivity index (χ1n) is 6.23. The highest BCUT2D eigenvalue weighted by atomic mass is 79.9. The average molecular weight is 315 g/mol. The smallest absolute Gasteiger partial charge is 0.143 e. The van der Waals surface area contributed by atoms with Crippen molar-refractivity contribution in [2.45, 2.75) is 18.9 Å². The van der Waals surface area contributed by atoms with Crippen LogP contribution in [0.4, 0.5) is 5.82 Å². The van der Waals surface area contributed by atoms with Gasteiger partial charge in [-0.2, -0.15) is 0 Å². The van der Waals surface area contributed by atoms with E-state index in [1.807, 2.05) is 0 Å². The fourth-order valence-electron chi connectivity index (χ4n) is 1.89. The molecule has 0 saturated heterocycles. The summed E-state index contributed by atoms with van der Waals surface area (Å²) < 4.78 is 6.05. The predicted octanol–water partition coefficient (Wildman–Crippen LogP) is 1.76. The van der Waals surface area contributed by atoms with Crippen LogP contribution in [0.25, 0.3) is 0 Å². The van der Waals surface area contributed by atoms with E-state index in [-0.39, 0.29) is 0 Å². The van der Waals surface area contributed by atoms with Crippen LogP contribution in [-0.4, -0.2) is 54.3 Å². The lowest BCUT2D eigenvalue weighted by Gasteiger charge is -2.21. The molecule has 1 aromatic heterocycles. The lowest BCUT2D eigenvalue weighted by Crippen LogP contribution is -2.34. The maximum Gasteiger partial charge on any atom is 0.143 e. The van der Waals surface area contributed by atoms with Gasteiger partial charge in [-0.25, -0.2) is 9.97 Å². The Hall–Kier alpha value is -0.720. The molecule has 1 aliphatic rings. The second kappa shape index (κ2) is 7.01. The van der Waals surface area contributed by atoms with Crippen molar-refractivity contribution in [1.82, 2.24) is 14.9 Å². The molecule has 0 bridgehead atoms. The zero-order valence-corrected chi connectivity index (χ0v) is 12.2. The Morgan fingerprint density at radius 3 is 3.00 bits per heavy atom. The topological polar surface area (TPSA) is 50.3 Å². The van der Waals surface area contributed by atoms with E-state index in [0.29, 0.717) is 0 Å². The lowest BCUT2D eigenvalue weighted by atomic mass is 10.4. The maximum atomic E-state index is 5.14. The summed E-state index contributed by atoms with van der Waals surface area (Å²) in [5.41, 5.74) is 0. The molecule has 100 valence electrons. The first-order chi connectivity index (χ1) is 8.81. The summed E-state index contributed by atoms with van der Waals surface area (Å²) in [5.74, 6) is 0.854. The molecule has 5 nitrogen and oxygen atoms in total. The van der Waals surface area contributed by atoms with Crippen LogP contribution in [-0.2, 0) is 4.74 Å². The van der Waals surface area contributed by atoms with Crippen LogP contribution >= 0.6 is 15.9 Å². The van der Waals surface area contributed by atoms with Gasteiger partial charge in [-0.15, -0.1) is 0 Å². The number of rotatable bonds is 8. The highest BCUT2D eigenvalue weighted by Gasteiger charge is 2.28. The number of methoxy groups -OCH3 is 1. The van der Waals surface area contributed by atoms with Crippen molar-refractivity contribution < 1.29 is 4.74 Å². The van der Waals surface area contributed by atoms with Gasteiger partial charge in [0.05, 0.1) is 11.1 Å². The first-order valence-corrected chi connectivity index (χ1v) is 7.03. The Bertz CT molecular complexity index is 373. The van der Waals surface area contributed by atoms with Crippen molar-refractivity contribution in [2.75, 3.05) is 38.7 Å². The summed E-state index contributed by atoms with van der Waals surface area (Å²) in [7, 11) is 1.75. The van der Waals surface area contributed by atoms with E-state index >= 15 is 0 Å². The predicted molar refractivity (Wildman–Crippen MR) is 74.7 cm³/mol. The molecule has 0 aliphatic heterocycles. The van der Waals surface area contributed by atoms with Gasteiger partial charge in [-0.1, -0.05) is 0 Å². The SMILES string of the molecule is COCCN(CCNc1ncncc1Br)C1CC1. The molecule has 0 unspecified atom stereocenters. The van der Waals surface area contributed by atoms with Gasteiger partial charge >= 0.3 is 0 Å². The van der Waals surface area contributed by atoms with Gasteiger partial charge in [0.15, 0.2) is 0 Å². The zero-order valence-electron chi connectivity index (χ0n) is 10.6. The molecule has 0 amide bonds. The number of halogens is 1. The Balaban J connectivity index is 1.74. The van der Waals surface area contributed by atoms with Gasteiger partial charge in [-0.3, -0.25) is 4.90 Å². The van der Waals surface area contributed by atoms with Crippen LogP contribution in [0.1, 0.15) is 12.8 Å². The molecular weight excluding hydrogens is 296 g/mol. The fourth-order valence-corrected chi connectivity index (χ4v) is 2.25. The summed E-state index contributed by atoms with van der Waals surface area (Å²) in [6, 6.07) is 0.760. The van der Waals surface area contributed by atoms with Crippen molar-refractivity contribution >= 4 is 21.7 Å². The number of ether oxygens (including phenoxy) is 1. The summed E-state index contributed by atoms with van der Waals surface area (Å²) in [4.78, 5) is 10.6. The lowest BCUT2D eigenvalue weighted by molar-refractivity contribution is 0.146. The molecular formula is C12H19BrN4O. The molecule has 0 aromatic carbocycles. The van der Waals surface area contributed by atoms with Crippen molar-refractivity contribution in [2.24, 2.45) is 0 Å². The molecule has 1 aliphatic carbocycles. The molecule has 6 heteroatoms. The van der Waals surface area contributed by atoms with Gasteiger partial charge in [-0.05, 0) is 28.8 Å². The Morgan fingerprint density at radius 1 is 1.50 bits per heavy atom. The van der Waals surface area contributed by atoms with E-state index < -0.39 is 0 Å². The zero-order chi connectivity index (χ0) is 12.8. The number of hydrogen-bond donors (Lipinski definition) is 1. The molecule has 0 atom stereocenters. The highest BCUT2D eigenvalue weighted by molar-refractivity contribution is 9.10. The number of anilines is 1. The summed E-state index contributed by atoms with van der Waals surface area (Å²) >= 11 is 3.43. The van der Waals surface area contributed by atoms with Crippen molar-refractivity contribution in [3.05, 3.63) is 17.0 Å². The van der Waals surface area contributed by atoms with Gasteiger partial charge in [0, 0.05) is 39.0 Å². The maximum absolute atomic E-state index is 5.14. The third kappa shape index (κ3) is 4.19. The van der Waals surface area contributed by atoms with E-state index in [9.17, 15) is 0 Å². The van der Waals surface area contributed by atoms with Crippen LogP contribution in [0.2, 0.25) is 0 Å². The summed E-state index contributed by atoms with van der Waals surface area (Å²) in [6.07, 6.45) is 5.94. The van der Waals surface area contributed by atoms with Gasteiger partial charge < -0.3 is 10.1 Å². The van der Waals surface area contributed by atoms with E-state index in [1.54, 1.807) is 19.6 Å². The second-order valence-electron chi connectivity index (χ2n) is 4.41. The van der Waals surface area contributed by atoms with Crippen molar-refractivity contribution in [3.63, 3.8) is 0 Å². The van der Waals surface area contributed by atoms with Crippen molar-refractivity contribution in [3.8, 4) is 0 Å². The fraction of sp³-hybridized carbons (Fsp3) is 0.667. The number of hydrogen-bond acceptors (Lipinski definition) is 5. The van der Waals surface area contributed by atoms with Crippen LogP contribution < -0.4 is 5.32 Å². The third-order valence-corrected chi connectivity index (χ3v) is 3.59. The average Bonchev–Trinajstić information content (AvgIpc) is 3.20. The van der Waals surface area contributed by atoms with E-state index in [1.165, 1.54) is 12.8 Å². The van der Waals surface area contributed by atoms with Gasteiger partial charge in [0.1, 0.15) is 12.1 Å². The van der Waals surface area contributed by atoms with Crippen molar-refractivity contribution in [1.29, 1.82) is 0 Å².